The van der Waals surface area contributed by atoms with Gasteiger partial charge in [-0.2, -0.15) is 0 Å². The minimum absolute atomic E-state index is 0.105. The van der Waals surface area contributed by atoms with Crippen LogP contribution in [-0.4, -0.2) is 96.7 Å². The molecular formula is C70H136O17P2. The molecule has 0 saturated carbocycles. The Kier molecular flexibility index (Phi) is 62.1. The average molecular weight is 1310 g/mol. The topological polar surface area (TPSA) is 237 Å². The molecule has 0 bridgehead atoms. The minimum atomic E-state index is -4.95. The molecule has 0 spiro atoms. The van der Waals surface area contributed by atoms with Gasteiger partial charge in [0.05, 0.1) is 26.4 Å². The number of phosphoric acid groups is 2. The van der Waals surface area contributed by atoms with Crippen molar-refractivity contribution in [3.8, 4) is 0 Å². The molecule has 19 heteroatoms. The molecule has 0 rings (SSSR count). The van der Waals surface area contributed by atoms with E-state index in [-0.39, 0.29) is 25.7 Å². The first-order valence-electron chi connectivity index (χ1n) is 36.7. The third kappa shape index (κ3) is 63.2. The van der Waals surface area contributed by atoms with E-state index in [0.717, 1.165) is 115 Å². The van der Waals surface area contributed by atoms with Crippen LogP contribution < -0.4 is 0 Å². The molecule has 0 aromatic heterocycles. The molecule has 0 saturated heterocycles. The van der Waals surface area contributed by atoms with Crippen molar-refractivity contribution < 1.29 is 80.2 Å². The summed E-state index contributed by atoms with van der Waals surface area (Å²) in [6.07, 6.45) is 50.1. The Morgan fingerprint density at radius 1 is 0.315 bits per heavy atom. The zero-order valence-corrected chi connectivity index (χ0v) is 59.4. The number of aliphatic hydroxyl groups is 1. The summed E-state index contributed by atoms with van der Waals surface area (Å²) in [5.74, 6) is -1.28. The van der Waals surface area contributed by atoms with Gasteiger partial charge < -0.3 is 33.8 Å². The molecule has 0 amide bonds. The molecule has 0 fully saturated rings. The number of ether oxygens (including phenoxy) is 4. The van der Waals surface area contributed by atoms with E-state index in [0.29, 0.717) is 25.7 Å². The van der Waals surface area contributed by atoms with Crippen LogP contribution in [0, 0.1) is 5.92 Å². The van der Waals surface area contributed by atoms with Crippen molar-refractivity contribution in [2.24, 2.45) is 5.92 Å². The third-order valence-electron chi connectivity index (χ3n) is 16.6. The fraction of sp³-hybridized carbons (Fsp3) is 0.943. The maximum absolute atomic E-state index is 13.0. The summed E-state index contributed by atoms with van der Waals surface area (Å²) in [6.45, 7) is 7.23. The molecule has 0 aromatic carbocycles. The van der Waals surface area contributed by atoms with Gasteiger partial charge in [0.2, 0.25) is 0 Å². The van der Waals surface area contributed by atoms with Crippen LogP contribution in [0.15, 0.2) is 0 Å². The number of carbonyl (C=O) groups excluding carboxylic acids is 4. The number of carbonyl (C=O) groups is 4. The van der Waals surface area contributed by atoms with Crippen LogP contribution in [0.5, 0.6) is 0 Å². The summed E-state index contributed by atoms with van der Waals surface area (Å²) in [5.41, 5.74) is 0. The predicted molar refractivity (Wildman–Crippen MR) is 358 cm³/mol. The van der Waals surface area contributed by atoms with E-state index in [1.165, 1.54) is 167 Å². The zero-order chi connectivity index (χ0) is 65.6. The molecule has 6 atom stereocenters. The first kappa shape index (κ1) is 87.1. The molecule has 89 heavy (non-hydrogen) atoms. The van der Waals surface area contributed by atoms with E-state index in [2.05, 4.69) is 34.6 Å². The van der Waals surface area contributed by atoms with Gasteiger partial charge in [-0.05, 0) is 31.6 Å². The highest BCUT2D eigenvalue weighted by atomic mass is 31.2. The second-order valence-electron chi connectivity index (χ2n) is 25.5. The van der Waals surface area contributed by atoms with E-state index in [1.807, 2.05) is 0 Å². The second kappa shape index (κ2) is 63.5. The Bertz CT molecular complexity index is 1720. The molecule has 3 N–H and O–H groups in total. The normalized spacial score (nSPS) is 14.4. The Hall–Kier alpha value is -1.94. The van der Waals surface area contributed by atoms with E-state index < -0.39 is 97.5 Å². The average Bonchev–Trinajstić information content (AvgIpc) is 3.53. The van der Waals surface area contributed by atoms with Crippen LogP contribution in [-0.2, 0) is 65.4 Å². The van der Waals surface area contributed by atoms with Crippen molar-refractivity contribution in [1.29, 1.82) is 0 Å². The predicted octanol–water partition coefficient (Wildman–Crippen LogP) is 20.1. The van der Waals surface area contributed by atoms with Crippen molar-refractivity contribution >= 4 is 39.5 Å². The van der Waals surface area contributed by atoms with Gasteiger partial charge in [0, 0.05) is 25.7 Å². The van der Waals surface area contributed by atoms with E-state index in [4.69, 9.17) is 37.0 Å². The third-order valence-corrected chi connectivity index (χ3v) is 18.5. The fourth-order valence-electron chi connectivity index (χ4n) is 10.6. The van der Waals surface area contributed by atoms with Crippen molar-refractivity contribution in [3.05, 3.63) is 0 Å². The van der Waals surface area contributed by atoms with Gasteiger partial charge in [0.15, 0.2) is 12.2 Å². The van der Waals surface area contributed by atoms with Gasteiger partial charge in [0.25, 0.3) is 0 Å². The summed E-state index contributed by atoms with van der Waals surface area (Å²) in [7, 11) is -9.89. The fourth-order valence-corrected chi connectivity index (χ4v) is 12.2. The SMILES string of the molecule is CCCCCCCCCCCCCCCCCCC(=O)OC[C@H](COP(=O)(O)OC[C@@H](O)COP(=O)(O)OC[C@@H](COC(=O)CCCCCCCCC)OC(=O)CCCCCCCCCC)OC(=O)CCCCCCCCCCCCCCCCC(C)CC. The standard InChI is InChI=1S/C70H136O17P2/c1-6-10-13-16-19-21-22-23-24-25-29-32-35-40-44-49-54-68(73)81-60-66(87-70(75)56-51-46-41-36-33-30-27-26-28-31-34-38-42-47-52-63(5)9-4)62-85-89(78,79)83-58-64(71)57-82-88(76,77)84-61-65(59-80-67(72)53-48-43-37-18-15-12-8-3)86-69(74)55-50-45-39-20-17-14-11-7-2/h63-66,71H,6-62H2,1-5H3,(H,76,77)(H,78,79)/t63?,64-,65+,66+/m0/s1. The first-order valence-corrected chi connectivity index (χ1v) is 39.7. The lowest BCUT2D eigenvalue weighted by molar-refractivity contribution is -0.161. The Morgan fingerprint density at radius 2 is 0.539 bits per heavy atom. The van der Waals surface area contributed by atoms with Crippen molar-refractivity contribution in [3.63, 3.8) is 0 Å². The highest BCUT2D eigenvalue weighted by molar-refractivity contribution is 7.47. The molecule has 0 aliphatic heterocycles. The number of unbranched alkanes of at least 4 members (excludes halogenated alkanes) is 41. The molecular weight excluding hydrogens is 1170 g/mol. The number of esters is 4. The smallest absolute Gasteiger partial charge is 0.462 e. The number of hydrogen-bond acceptors (Lipinski definition) is 15. The largest absolute Gasteiger partial charge is 0.472 e. The van der Waals surface area contributed by atoms with Crippen LogP contribution in [0.3, 0.4) is 0 Å². The maximum atomic E-state index is 13.0. The summed E-state index contributed by atoms with van der Waals surface area (Å²) in [5, 5.41) is 10.6. The van der Waals surface area contributed by atoms with Crippen LogP contribution in [0.25, 0.3) is 0 Å². The quantitative estimate of drug-likeness (QED) is 0.0222. The molecule has 3 unspecified atom stereocenters. The van der Waals surface area contributed by atoms with Gasteiger partial charge in [-0.3, -0.25) is 37.3 Å². The van der Waals surface area contributed by atoms with Gasteiger partial charge >= 0.3 is 39.5 Å². The molecule has 0 aromatic rings. The molecule has 0 heterocycles. The van der Waals surface area contributed by atoms with Crippen molar-refractivity contribution in [2.45, 2.75) is 380 Å². The molecule has 528 valence electrons. The Balaban J connectivity index is 5.16. The summed E-state index contributed by atoms with van der Waals surface area (Å²) in [4.78, 5) is 72.3. The molecule has 0 aliphatic rings. The van der Waals surface area contributed by atoms with Gasteiger partial charge in [0.1, 0.15) is 19.3 Å². The number of rotatable bonds is 70. The van der Waals surface area contributed by atoms with E-state index >= 15 is 0 Å². The van der Waals surface area contributed by atoms with Crippen LogP contribution >= 0.6 is 15.6 Å². The number of phosphoric ester groups is 2. The van der Waals surface area contributed by atoms with Crippen LogP contribution in [0.4, 0.5) is 0 Å². The summed E-state index contributed by atoms with van der Waals surface area (Å²) >= 11 is 0. The zero-order valence-electron chi connectivity index (χ0n) is 57.6. The highest BCUT2D eigenvalue weighted by Crippen LogP contribution is 2.45. The highest BCUT2D eigenvalue weighted by Gasteiger charge is 2.30. The monoisotopic (exact) mass is 1310 g/mol. The van der Waals surface area contributed by atoms with E-state index in [1.54, 1.807) is 0 Å². The van der Waals surface area contributed by atoms with Crippen molar-refractivity contribution in [2.75, 3.05) is 39.6 Å². The van der Waals surface area contributed by atoms with Crippen LogP contribution in [0.2, 0.25) is 0 Å². The van der Waals surface area contributed by atoms with Gasteiger partial charge in [-0.1, -0.05) is 311 Å². The number of hydrogen-bond donors (Lipinski definition) is 3. The summed E-state index contributed by atoms with van der Waals surface area (Å²) in [6, 6.07) is 0. The lowest BCUT2D eigenvalue weighted by Gasteiger charge is -2.21. The first-order chi connectivity index (χ1) is 43.1. The minimum Gasteiger partial charge on any atom is -0.462 e. The van der Waals surface area contributed by atoms with Crippen LogP contribution in [0.1, 0.15) is 362 Å². The molecule has 0 radical (unpaired) electrons. The lowest BCUT2D eigenvalue weighted by Crippen LogP contribution is -2.30. The number of aliphatic hydroxyl groups excluding tert-OH is 1. The lowest BCUT2D eigenvalue weighted by atomic mass is 9.99. The van der Waals surface area contributed by atoms with Gasteiger partial charge in [-0.15, -0.1) is 0 Å². The maximum Gasteiger partial charge on any atom is 0.472 e. The van der Waals surface area contributed by atoms with Gasteiger partial charge in [-0.25, -0.2) is 9.13 Å². The Morgan fingerprint density at radius 3 is 0.798 bits per heavy atom. The second-order valence-corrected chi connectivity index (χ2v) is 28.4. The Labute approximate surface area is 543 Å². The molecule has 17 nitrogen and oxygen atoms in total. The van der Waals surface area contributed by atoms with E-state index in [9.17, 15) is 43.2 Å². The molecule has 0 aliphatic carbocycles. The van der Waals surface area contributed by atoms with Crippen molar-refractivity contribution in [1.82, 2.24) is 0 Å². The summed E-state index contributed by atoms with van der Waals surface area (Å²) < 4.78 is 68.1.